The molecule has 0 aromatic rings. The molecule has 1 fully saturated rings. The van der Waals surface area contributed by atoms with Gasteiger partial charge in [-0.2, -0.15) is 0 Å². The average molecular weight is 190 g/mol. The van der Waals surface area contributed by atoms with Crippen molar-refractivity contribution in [1.29, 1.82) is 0 Å². The molecule has 72 valence electrons. The van der Waals surface area contributed by atoms with E-state index in [0.717, 1.165) is 19.3 Å². The van der Waals surface area contributed by atoms with E-state index in [0.29, 0.717) is 11.8 Å². The minimum atomic E-state index is -2.80. The molecule has 0 amide bonds. The van der Waals surface area contributed by atoms with Crippen LogP contribution in [0.1, 0.15) is 33.1 Å². The van der Waals surface area contributed by atoms with Crippen molar-refractivity contribution in [2.24, 2.45) is 11.8 Å². The highest BCUT2D eigenvalue weighted by Gasteiger charge is 2.36. The van der Waals surface area contributed by atoms with Crippen molar-refractivity contribution in [2.45, 2.75) is 38.4 Å². The molecule has 1 saturated carbocycles. The molecular formula is C9H18O2S. The highest BCUT2D eigenvalue weighted by Crippen LogP contribution is 2.35. The summed E-state index contributed by atoms with van der Waals surface area (Å²) in [6.45, 7) is 4.24. The summed E-state index contributed by atoms with van der Waals surface area (Å²) in [6.07, 6.45) is 4.43. The molecular weight excluding hydrogens is 172 g/mol. The topological polar surface area (TPSA) is 34.1 Å². The van der Waals surface area contributed by atoms with Crippen molar-refractivity contribution in [3.05, 3.63) is 0 Å². The molecule has 2 nitrogen and oxygen atoms in total. The molecule has 0 N–H and O–H groups in total. The molecule has 1 aliphatic rings. The standard InChI is InChI=1S/C9H18O2S/c1-7(2)8-5-4-6-9(8)12(3,10)11/h7-9H,4-6H2,1-3H3/t8-,9-/m0/s1. The van der Waals surface area contributed by atoms with Gasteiger partial charge >= 0.3 is 0 Å². The summed E-state index contributed by atoms with van der Waals surface area (Å²) in [6, 6.07) is 0. The largest absolute Gasteiger partial charge is 0.229 e. The first-order valence-corrected chi connectivity index (χ1v) is 6.57. The summed E-state index contributed by atoms with van der Waals surface area (Å²) in [5.41, 5.74) is 0. The van der Waals surface area contributed by atoms with Crippen LogP contribution < -0.4 is 0 Å². The lowest BCUT2D eigenvalue weighted by atomic mass is 9.94. The van der Waals surface area contributed by atoms with Crippen LogP contribution in [0.5, 0.6) is 0 Å². The molecule has 1 rings (SSSR count). The third-order valence-electron chi connectivity index (χ3n) is 2.91. The maximum atomic E-state index is 11.3. The lowest BCUT2D eigenvalue weighted by Crippen LogP contribution is -2.27. The highest BCUT2D eigenvalue weighted by atomic mass is 32.2. The Hall–Kier alpha value is -0.0500. The van der Waals surface area contributed by atoms with E-state index in [1.165, 1.54) is 6.26 Å². The van der Waals surface area contributed by atoms with E-state index in [-0.39, 0.29) is 5.25 Å². The van der Waals surface area contributed by atoms with Crippen molar-refractivity contribution in [1.82, 2.24) is 0 Å². The Balaban J connectivity index is 2.78. The maximum absolute atomic E-state index is 11.3. The zero-order chi connectivity index (χ0) is 9.35. The summed E-state index contributed by atoms with van der Waals surface area (Å²) >= 11 is 0. The van der Waals surface area contributed by atoms with Crippen molar-refractivity contribution in [2.75, 3.05) is 6.26 Å². The minimum Gasteiger partial charge on any atom is -0.229 e. The average Bonchev–Trinajstić information content (AvgIpc) is 2.30. The van der Waals surface area contributed by atoms with Gasteiger partial charge in [0, 0.05) is 6.26 Å². The number of rotatable bonds is 2. The third-order valence-corrected chi connectivity index (χ3v) is 4.60. The molecule has 1 aliphatic carbocycles. The summed E-state index contributed by atoms with van der Waals surface area (Å²) in [5.74, 6) is 0.909. The molecule has 12 heavy (non-hydrogen) atoms. The first-order chi connectivity index (χ1) is 5.43. The first-order valence-electron chi connectivity index (χ1n) is 4.62. The van der Waals surface area contributed by atoms with E-state index in [9.17, 15) is 8.42 Å². The van der Waals surface area contributed by atoms with Gasteiger partial charge in [-0.15, -0.1) is 0 Å². The minimum absolute atomic E-state index is 0.0579. The Bertz CT molecular complexity index is 241. The highest BCUT2D eigenvalue weighted by molar-refractivity contribution is 7.91. The van der Waals surface area contributed by atoms with E-state index in [1.54, 1.807) is 0 Å². The number of hydrogen-bond donors (Lipinski definition) is 0. The second-order valence-electron chi connectivity index (χ2n) is 4.21. The molecule has 0 unspecified atom stereocenters. The smallest absolute Gasteiger partial charge is 0.150 e. The Kier molecular flexibility index (Phi) is 2.81. The summed E-state index contributed by atoms with van der Waals surface area (Å²) in [4.78, 5) is 0. The van der Waals surface area contributed by atoms with Gasteiger partial charge in [-0.1, -0.05) is 20.3 Å². The fourth-order valence-electron chi connectivity index (χ4n) is 2.25. The lowest BCUT2D eigenvalue weighted by Gasteiger charge is -2.21. The third kappa shape index (κ3) is 2.00. The molecule has 0 aromatic carbocycles. The van der Waals surface area contributed by atoms with Crippen LogP contribution in [-0.4, -0.2) is 19.9 Å². The maximum Gasteiger partial charge on any atom is 0.150 e. The summed E-state index contributed by atoms with van der Waals surface area (Å²) in [7, 11) is -2.80. The predicted octanol–water partition coefficient (Wildman–Crippen LogP) is 1.86. The molecule has 0 aromatic heterocycles. The molecule has 2 atom stereocenters. The Morgan fingerprint density at radius 2 is 1.83 bits per heavy atom. The molecule has 0 spiro atoms. The fraction of sp³-hybridized carbons (Fsp3) is 1.00. The Morgan fingerprint density at radius 3 is 2.17 bits per heavy atom. The molecule has 0 aliphatic heterocycles. The number of hydrogen-bond acceptors (Lipinski definition) is 2. The van der Waals surface area contributed by atoms with Crippen molar-refractivity contribution >= 4 is 9.84 Å². The van der Waals surface area contributed by atoms with Gasteiger partial charge in [0.05, 0.1) is 5.25 Å². The lowest BCUT2D eigenvalue weighted by molar-refractivity contribution is 0.393. The van der Waals surface area contributed by atoms with Crippen LogP contribution in [0.25, 0.3) is 0 Å². The second kappa shape index (κ2) is 3.36. The van der Waals surface area contributed by atoms with Gasteiger partial charge in [0.15, 0.2) is 9.84 Å². The molecule has 0 saturated heterocycles. The molecule has 3 heteroatoms. The fourth-order valence-corrected chi connectivity index (χ4v) is 3.93. The summed E-state index contributed by atoms with van der Waals surface area (Å²) in [5, 5.41) is -0.0579. The molecule has 0 heterocycles. The van der Waals surface area contributed by atoms with Crippen molar-refractivity contribution in [3.63, 3.8) is 0 Å². The van der Waals surface area contributed by atoms with Crippen LogP contribution >= 0.6 is 0 Å². The van der Waals surface area contributed by atoms with Crippen LogP contribution in [0.2, 0.25) is 0 Å². The van der Waals surface area contributed by atoms with E-state index < -0.39 is 9.84 Å². The van der Waals surface area contributed by atoms with Crippen LogP contribution in [-0.2, 0) is 9.84 Å². The van der Waals surface area contributed by atoms with Gasteiger partial charge < -0.3 is 0 Å². The second-order valence-corrected chi connectivity index (χ2v) is 6.47. The molecule has 0 bridgehead atoms. The Labute approximate surface area is 75.3 Å². The molecule has 0 radical (unpaired) electrons. The van der Waals surface area contributed by atoms with Gasteiger partial charge in [0.1, 0.15) is 0 Å². The van der Waals surface area contributed by atoms with E-state index >= 15 is 0 Å². The van der Waals surface area contributed by atoms with Gasteiger partial charge in [-0.05, 0) is 24.7 Å². The van der Waals surface area contributed by atoms with Gasteiger partial charge in [-0.25, -0.2) is 8.42 Å². The van der Waals surface area contributed by atoms with Gasteiger partial charge in [0.2, 0.25) is 0 Å². The van der Waals surface area contributed by atoms with E-state index in [4.69, 9.17) is 0 Å². The normalized spacial score (nSPS) is 31.3. The van der Waals surface area contributed by atoms with E-state index in [2.05, 4.69) is 13.8 Å². The van der Waals surface area contributed by atoms with E-state index in [1.807, 2.05) is 0 Å². The van der Waals surface area contributed by atoms with Crippen molar-refractivity contribution < 1.29 is 8.42 Å². The van der Waals surface area contributed by atoms with Gasteiger partial charge in [-0.3, -0.25) is 0 Å². The van der Waals surface area contributed by atoms with Crippen LogP contribution in [0, 0.1) is 11.8 Å². The predicted molar refractivity (Wildman–Crippen MR) is 50.8 cm³/mol. The Morgan fingerprint density at radius 1 is 1.25 bits per heavy atom. The van der Waals surface area contributed by atoms with Crippen LogP contribution in [0.15, 0.2) is 0 Å². The zero-order valence-electron chi connectivity index (χ0n) is 8.08. The van der Waals surface area contributed by atoms with Gasteiger partial charge in [0.25, 0.3) is 0 Å². The number of sulfone groups is 1. The van der Waals surface area contributed by atoms with Crippen LogP contribution in [0.3, 0.4) is 0 Å². The summed E-state index contributed by atoms with van der Waals surface area (Å²) < 4.78 is 22.7. The SMILES string of the molecule is CC(C)[C@@H]1CCC[C@@H]1S(C)(=O)=O. The zero-order valence-corrected chi connectivity index (χ0v) is 8.89. The van der Waals surface area contributed by atoms with Crippen LogP contribution in [0.4, 0.5) is 0 Å². The first kappa shape index (κ1) is 10.0. The quantitative estimate of drug-likeness (QED) is 0.666. The monoisotopic (exact) mass is 190 g/mol. The van der Waals surface area contributed by atoms with Crippen molar-refractivity contribution in [3.8, 4) is 0 Å².